The van der Waals surface area contributed by atoms with Crippen molar-refractivity contribution in [2.75, 3.05) is 17.7 Å². The van der Waals surface area contributed by atoms with E-state index in [2.05, 4.69) is 17.1 Å². The highest BCUT2D eigenvalue weighted by molar-refractivity contribution is 7.99. The van der Waals surface area contributed by atoms with E-state index in [4.69, 9.17) is 0 Å². The molecule has 2 aromatic rings. The topological polar surface area (TPSA) is 71.0 Å². The van der Waals surface area contributed by atoms with Crippen LogP contribution in [0.5, 0.6) is 0 Å². The molecule has 0 unspecified atom stereocenters. The molecule has 22 heavy (non-hydrogen) atoms. The van der Waals surface area contributed by atoms with E-state index in [1.165, 1.54) is 11.8 Å². The van der Waals surface area contributed by atoms with E-state index in [0.29, 0.717) is 11.7 Å². The van der Waals surface area contributed by atoms with Gasteiger partial charge in [0, 0.05) is 19.3 Å². The van der Waals surface area contributed by atoms with Crippen molar-refractivity contribution in [1.29, 1.82) is 0 Å². The Labute approximate surface area is 133 Å². The van der Waals surface area contributed by atoms with Gasteiger partial charge in [0.2, 0.25) is 5.91 Å². The van der Waals surface area contributed by atoms with Crippen LogP contribution in [0.4, 0.5) is 5.69 Å². The number of nitrogens with zero attached hydrogens (tertiary/aromatic N) is 3. The summed E-state index contributed by atoms with van der Waals surface area (Å²) in [7, 11) is 1.74. The van der Waals surface area contributed by atoms with Gasteiger partial charge in [-0.2, -0.15) is 0 Å². The van der Waals surface area contributed by atoms with Gasteiger partial charge in [0.05, 0.1) is 5.75 Å². The van der Waals surface area contributed by atoms with Crippen LogP contribution in [0.2, 0.25) is 0 Å². The third-order valence-corrected chi connectivity index (χ3v) is 4.26. The van der Waals surface area contributed by atoms with Gasteiger partial charge in [-0.05, 0) is 18.6 Å². The van der Waals surface area contributed by atoms with Gasteiger partial charge >= 0.3 is 5.69 Å². The van der Waals surface area contributed by atoms with Crippen LogP contribution in [0, 0.1) is 0 Å². The number of anilines is 1. The molecule has 118 valence electrons. The van der Waals surface area contributed by atoms with Crippen molar-refractivity contribution < 1.29 is 4.79 Å². The van der Waals surface area contributed by atoms with E-state index in [-0.39, 0.29) is 17.3 Å². The Bertz CT molecular complexity index is 666. The third kappa shape index (κ3) is 4.00. The minimum Gasteiger partial charge on any atom is -0.315 e. The standard InChI is InChI=1S/C15H20N4O2S/c1-3-4-10-19-14(21)16-17-15(19)22-11-13(20)18(2)12-8-6-5-7-9-12/h5-9H,3-4,10-11H2,1-2H3,(H,16,21). The third-order valence-electron chi connectivity index (χ3n) is 3.30. The van der Waals surface area contributed by atoms with Gasteiger partial charge in [-0.25, -0.2) is 9.89 Å². The SMILES string of the molecule is CCCCn1c(SCC(=O)N(C)c2ccccc2)n[nH]c1=O. The summed E-state index contributed by atoms with van der Waals surface area (Å²) in [5.74, 6) is 0.204. The maximum Gasteiger partial charge on any atom is 0.343 e. The number of carbonyl (C=O) groups excluding carboxylic acids is 1. The number of para-hydroxylation sites is 1. The summed E-state index contributed by atoms with van der Waals surface area (Å²) in [6.45, 7) is 2.69. The highest BCUT2D eigenvalue weighted by Gasteiger charge is 2.14. The lowest BCUT2D eigenvalue weighted by molar-refractivity contribution is -0.115. The lowest BCUT2D eigenvalue weighted by Gasteiger charge is -2.16. The molecule has 1 heterocycles. The second-order valence-electron chi connectivity index (χ2n) is 4.89. The maximum atomic E-state index is 12.2. The van der Waals surface area contributed by atoms with Crippen LogP contribution < -0.4 is 10.6 Å². The lowest BCUT2D eigenvalue weighted by Crippen LogP contribution is -2.28. The molecule has 0 fully saturated rings. The van der Waals surface area contributed by atoms with Crippen LogP contribution >= 0.6 is 11.8 Å². The predicted octanol–water partition coefficient (Wildman–Crippen LogP) is 2.13. The number of unbranched alkanes of at least 4 members (excludes halogenated alkanes) is 1. The quantitative estimate of drug-likeness (QED) is 0.793. The molecule has 0 bridgehead atoms. The van der Waals surface area contributed by atoms with Gasteiger partial charge in [0.15, 0.2) is 5.16 Å². The smallest absolute Gasteiger partial charge is 0.315 e. The fourth-order valence-electron chi connectivity index (χ4n) is 1.95. The number of hydrogen-bond acceptors (Lipinski definition) is 4. The molecule has 7 heteroatoms. The molecule has 1 amide bonds. The Morgan fingerprint density at radius 1 is 1.36 bits per heavy atom. The van der Waals surface area contributed by atoms with Crippen molar-refractivity contribution in [1.82, 2.24) is 14.8 Å². The minimum atomic E-state index is -0.222. The molecular formula is C15H20N4O2S. The zero-order valence-electron chi connectivity index (χ0n) is 12.8. The van der Waals surface area contributed by atoms with Gasteiger partial charge in [-0.1, -0.05) is 43.3 Å². The molecule has 1 N–H and O–H groups in total. The number of amides is 1. The molecule has 0 aliphatic carbocycles. The van der Waals surface area contributed by atoms with Gasteiger partial charge in [0.1, 0.15) is 0 Å². The number of hydrogen-bond donors (Lipinski definition) is 1. The molecule has 1 aromatic heterocycles. The molecule has 0 atom stereocenters. The molecule has 1 aromatic carbocycles. The highest BCUT2D eigenvalue weighted by atomic mass is 32.2. The number of H-pyrrole nitrogens is 1. The number of aromatic nitrogens is 3. The van der Waals surface area contributed by atoms with Crippen molar-refractivity contribution in [3.8, 4) is 0 Å². The largest absolute Gasteiger partial charge is 0.343 e. The summed E-state index contributed by atoms with van der Waals surface area (Å²) in [6.07, 6.45) is 1.91. The molecule has 0 spiro atoms. The molecule has 0 aliphatic rings. The number of carbonyl (C=O) groups is 1. The average molecular weight is 320 g/mol. The number of aromatic amines is 1. The maximum absolute atomic E-state index is 12.2. The molecule has 0 saturated carbocycles. The molecule has 2 rings (SSSR count). The van der Waals surface area contributed by atoms with Crippen molar-refractivity contribution >= 4 is 23.4 Å². The van der Waals surface area contributed by atoms with Crippen LogP contribution in [0.25, 0.3) is 0 Å². The van der Waals surface area contributed by atoms with Crippen LogP contribution in [0.15, 0.2) is 40.3 Å². The second kappa shape index (κ2) is 7.84. The summed E-state index contributed by atoms with van der Waals surface area (Å²) in [5.41, 5.74) is 0.623. The summed E-state index contributed by atoms with van der Waals surface area (Å²) in [5, 5.41) is 7.00. The fraction of sp³-hybridized carbons (Fsp3) is 0.400. The van der Waals surface area contributed by atoms with E-state index < -0.39 is 0 Å². The zero-order chi connectivity index (χ0) is 15.9. The van der Waals surface area contributed by atoms with Crippen molar-refractivity contribution in [2.24, 2.45) is 0 Å². The normalized spacial score (nSPS) is 10.6. The molecule has 0 radical (unpaired) electrons. The van der Waals surface area contributed by atoms with Gasteiger partial charge < -0.3 is 4.90 Å². The monoisotopic (exact) mass is 320 g/mol. The van der Waals surface area contributed by atoms with Crippen LogP contribution in [0.3, 0.4) is 0 Å². The summed E-state index contributed by atoms with van der Waals surface area (Å²) in [4.78, 5) is 25.5. The average Bonchev–Trinajstić information content (AvgIpc) is 2.90. The number of rotatable bonds is 7. The van der Waals surface area contributed by atoms with Crippen molar-refractivity contribution in [2.45, 2.75) is 31.5 Å². The predicted molar refractivity (Wildman–Crippen MR) is 88.3 cm³/mol. The highest BCUT2D eigenvalue weighted by Crippen LogP contribution is 2.17. The first-order chi connectivity index (χ1) is 10.6. The Morgan fingerprint density at radius 3 is 2.77 bits per heavy atom. The zero-order valence-corrected chi connectivity index (χ0v) is 13.6. The Balaban J connectivity index is 1.98. The van der Waals surface area contributed by atoms with Crippen LogP contribution in [-0.4, -0.2) is 33.5 Å². The van der Waals surface area contributed by atoms with Gasteiger partial charge in [0.25, 0.3) is 0 Å². The molecule has 0 saturated heterocycles. The van der Waals surface area contributed by atoms with Gasteiger partial charge in [-0.3, -0.25) is 9.36 Å². The van der Waals surface area contributed by atoms with Crippen LogP contribution in [-0.2, 0) is 11.3 Å². The van der Waals surface area contributed by atoms with E-state index in [1.54, 1.807) is 16.5 Å². The Kier molecular flexibility index (Phi) is 5.83. The molecule has 6 nitrogen and oxygen atoms in total. The summed E-state index contributed by atoms with van der Waals surface area (Å²) >= 11 is 1.28. The van der Waals surface area contributed by atoms with Crippen LogP contribution in [0.1, 0.15) is 19.8 Å². The molecular weight excluding hydrogens is 300 g/mol. The second-order valence-corrected chi connectivity index (χ2v) is 5.84. The fourth-order valence-corrected chi connectivity index (χ4v) is 2.83. The number of nitrogens with one attached hydrogen (secondary N) is 1. The first-order valence-electron chi connectivity index (χ1n) is 7.23. The molecule has 0 aliphatic heterocycles. The minimum absolute atomic E-state index is 0.0336. The van der Waals surface area contributed by atoms with Crippen molar-refractivity contribution in [3.63, 3.8) is 0 Å². The number of thioether (sulfide) groups is 1. The number of benzene rings is 1. The first-order valence-corrected chi connectivity index (χ1v) is 8.21. The van der Waals surface area contributed by atoms with E-state index in [1.807, 2.05) is 30.3 Å². The first kappa shape index (κ1) is 16.4. The lowest BCUT2D eigenvalue weighted by atomic mass is 10.3. The van der Waals surface area contributed by atoms with E-state index in [0.717, 1.165) is 18.5 Å². The van der Waals surface area contributed by atoms with Crippen molar-refractivity contribution in [3.05, 3.63) is 40.8 Å². The summed E-state index contributed by atoms with van der Waals surface area (Å²) in [6, 6.07) is 9.46. The Morgan fingerprint density at radius 2 is 2.09 bits per heavy atom. The van der Waals surface area contributed by atoms with E-state index in [9.17, 15) is 9.59 Å². The summed E-state index contributed by atoms with van der Waals surface area (Å²) < 4.78 is 1.59. The van der Waals surface area contributed by atoms with E-state index >= 15 is 0 Å². The van der Waals surface area contributed by atoms with Gasteiger partial charge in [-0.15, -0.1) is 5.10 Å². The Hall–Kier alpha value is -2.02.